The zero-order valence-corrected chi connectivity index (χ0v) is 13.4. The van der Waals surface area contributed by atoms with Crippen molar-refractivity contribution in [1.29, 1.82) is 0 Å². The molecule has 0 spiro atoms. The van der Waals surface area contributed by atoms with E-state index in [1.807, 2.05) is 6.92 Å². The van der Waals surface area contributed by atoms with Crippen LogP contribution >= 0.6 is 0 Å². The minimum absolute atomic E-state index is 0.0813. The molecule has 1 heterocycles. The second-order valence-electron chi connectivity index (χ2n) is 5.58. The summed E-state index contributed by atoms with van der Waals surface area (Å²) in [6.45, 7) is 9.79. The molecule has 1 rings (SSSR count). The first kappa shape index (κ1) is 16.9. The molecule has 0 aromatic carbocycles. The second kappa shape index (κ2) is 7.57. The molecule has 1 N–H and O–H groups in total. The first-order valence-electron chi connectivity index (χ1n) is 7.10. The topological polar surface area (TPSA) is 58.6 Å². The van der Waals surface area contributed by atoms with Crippen LogP contribution in [0.15, 0.2) is 0 Å². The van der Waals surface area contributed by atoms with Gasteiger partial charge in [-0.2, -0.15) is 0 Å². The first-order chi connectivity index (χ1) is 8.83. The van der Waals surface area contributed by atoms with E-state index >= 15 is 0 Å². The highest BCUT2D eigenvalue weighted by atomic mass is 32.2. The van der Waals surface area contributed by atoms with E-state index in [9.17, 15) is 8.42 Å². The predicted octanol–water partition coefficient (Wildman–Crippen LogP) is 0.508. The van der Waals surface area contributed by atoms with Gasteiger partial charge >= 0.3 is 0 Å². The van der Waals surface area contributed by atoms with Gasteiger partial charge in [-0.3, -0.25) is 4.90 Å². The summed E-state index contributed by atoms with van der Waals surface area (Å²) in [5.74, 6) is 0.214. The van der Waals surface area contributed by atoms with Gasteiger partial charge in [-0.15, -0.1) is 0 Å². The van der Waals surface area contributed by atoms with E-state index in [1.165, 1.54) is 6.26 Å². The van der Waals surface area contributed by atoms with Crippen LogP contribution in [0.25, 0.3) is 0 Å². The molecule has 0 aliphatic carbocycles. The fraction of sp³-hybridized carbons (Fsp3) is 1.00. The number of ether oxygens (including phenoxy) is 1. The summed E-state index contributed by atoms with van der Waals surface area (Å²) in [6.07, 6.45) is 1.99. The standard InChI is InChI=1S/C13H28N2O3S/c1-5-14-12(6-9-19(4,16)17)13-10-15(11(2)3)7-8-18-13/h11-14H,5-10H2,1-4H3. The molecule has 6 heteroatoms. The summed E-state index contributed by atoms with van der Waals surface area (Å²) >= 11 is 0. The van der Waals surface area contributed by atoms with Crippen LogP contribution in [0.3, 0.4) is 0 Å². The van der Waals surface area contributed by atoms with Crippen LogP contribution in [0.2, 0.25) is 0 Å². The number of morpholine rings is 1. The van der Waals surface area contributed by atoms with Crippen molar-refractivity contribution < 1.29 is 13.2 Å². The largest absolute Gasteiger partial charge is 0.374 e. The van der Waals surface area contributed by atoms with Gasteiger partial charge in [0.15, 0.2) is 0 Å². The summed E-state index contributed by atoms with van der Waals surface area (Å²) in [5.41, 5.74) is 0. The fourth-order valence-corrected chi connectivity index (χ4v) is 3.11. The third-order valence-corrected chi connectivity index (χ3v) is 4.55. The lowest BCUT2D eigenvalue weighted by atomic mass is 10.1. The van der Waals surface area contributed by atoms with Crippen LogP contribution in [0.1, 0.15) is 27.2 Å². The number of nitrogens with one attached hydrogen (secondary N) is 1. The molecule has 2 unspecified atom stereocenters. The highest BCUT2D eigenvalue weighted by Crippen LogP contribution is 2.14. The van der Waals surface area contributed by atoms with E-state index in [1.54, 1.807) is 0 Å². The Morgan fingerprint density at radius 2 is 2.11 bits per heavy atom. The summed E-state index contributed by atoms with van der Waals surface area (Å²) in [6, 6.07) is 0.616. The number of hydrogen-bond acceptors (Lipinski definition) is 5. The zero-order valence-electron chi connectivity index (χ0n) is 12.6. The van der Waals surface area contributed by atoms with Crippen molar-refractivity contribution in [3.63, 3.8) is 0 Å². The monoisotopic (exact) mass is 292 g/mol. The van der Waals surface area contributed by atoms with Gasteiger partial charge in [0.1, 0.15) is 9.84 Å². The summed E-state index contributed by atoms with van der Waals surface area (Å²) < 4.78 is 28.5. The predicted molar refractivity (Wildman–Crippen MR) is 78.2 cm³/mol. The Balaban J connectivity index is 2.59. The van der Waals surface area contributed by atoms with Crippen molar-refractivity contribution in [1.82, 2.24) is 10.2 Å². The van der Waals surface area contributed by atoms with Gasteiger partial charge in [0.05, 0.1) is 18.5 Å². The van der Waals surface area contributed by atoms with Crippen LogP contribution in [0, 0.1) is 0 Å². The molecule has 1 aliphatic rings. The lowest BCUT2D eigenvalue weighted by Gasteiger charge is -2.39. The Morgan fingerprint density at radius 1 is 1.42 bits per heavy atom. The Bertz CT molecular complexity index is 357. The van der Waals surface area contributed by atoms with E-state index in [0.717, 1.165) is 26.2 Å². The number of nitrogens with zero attached hydrogens (tertiary/aromatic N) is 1. The van der Waals surface area contributed by atoms with Gasteiger partial charge in [-0.25, -0.2) is 8.42 Å². The molecule has 0 aromatic heterocycles. The minimum Gasteiger partial charge on any atom is -0.374 e. The number of rotatable bonds is 7. The quantitative estimate of drug-likeness (QED) is 0.741. The van der Waals surface area contributed by atoms with Crippen LogP contribution < -0.4 is 5.32 Å². The number of likely N-dealkylation sites (N-methyl/N-ethyl adjacent to an activating group) is 1. The Labute approximate surface area is 117 Å². The van der Waals surface area contributed by atoms with E-state index in [0.29, 0.717) is 12.5 Å². The van der Waals surface area contributed by atoms with Gasteiger partial charge in [0.25, 0.3) is 0 Å². The molecule has 114 valence electrons. The average molecular weight is 292 g/mol. The van der Waals surface area contributed by atoms with Gasteiger partial charge in [0.2, 0.25) is 0 Å². The van der Waals surface area contributed by atoms with Gasteiger partial charge in [-0.1, -0.05) is 6.92 Å². The molecule has 0 bridgehead atoms. The minimum atomic E-state index is -2.92. The Morgan fingerprint density at radius 3 is 2.63 bits per heavy atom. The molecule has 5 nitrogen and oxygen atoms in total. The third kappa shape index (κ3) is 6.21. The molecule has 2 atom stereocenters. The van der Waals surface area contributed by atoms with Crippen molar-refractivity contribution in [2.75, 3.05) is 38.2 Å². The summed E-state index contributed by atoms with van der Waals surface area (Å²) in [4.78, 5) is 2.39. The van der Waals surface area contributed by atoms with E-state index in [2.05, 4.69) is 24.1 Å². The second-order valence-corrected chi connectivity index (χ2v) is 7.84. The van der Waals surface area contributed by atoms with E-state index in [-0.39, 0.29) is 17.9 Å². The lowest BCUT2D eigenvalue weighted by Crippen LogP contribution is -2.54. The third-order valence-electron chi connectivity index (χ3n) is 3.57. The van der Waals surface area contributed by atoms with Crippen LogP contribution in [-0.2, 0) is 14.6 Å². The maximum absolute atomic E-state index is 11.3. The molecule has 1 aliphatic heterocycles. The summed E-state index contributed by atoms with van der Waals surface area (Å²) in [5, 5.41) is 3.37. The molecular weight excluding hydrogens is 264 g/mol. The normalized spacial score (nSPS) is 23.7. The van der Waals surface area contributed by atoms with Crippen molar-refractivity contribution in [3.8, 4) is 0 Å². The molecule has 0 aromatic rings. The van der Waals surface area contributed by atoms with Crippen molar-refractivity contribution in [2.45, 2.75) is 45.4 Å². The van der Waals surface area contributed by atoms with E-state index in [4.69, 9.17) is 4.74 Å². The van der Waals surface area contributed by atoms with Crippen molar-refractivity contribution in [2.24, 2.45) is 0 Å². The van der Waals surface area contributed by atoms with Crippen LogP contribution in [0.4, 0.5) is 0 Å². The van der Waals surface area contributed by atoms with Crippen LogP contribution in [0.5, 0.6) is 0 Å². The number of sulfone groups is 1. The fourth-order valence-electron chi connectivity index (χ4n) is 2.43. The molecule has 19 heavy (non-hydrogen) atoms. The average Bonchev–Trinajstić information content (AvgIpc) is 2.33. The molecular formula is C13H28N2O3S. The van der Waals surface area contributed by atoms with Crippen LogP contribution in [-0.4, -0.2) is 69.8 Å². The van der Waals surface area contributed by atoms with Gasteiger partial charge in [0, 0.05) is 31.4 Å². The molecule has 1 fully saturated rings. The van der Waals surface area contributed by atoms with Gasteiger partial charge < -0.3 is 10.1 Å². The number of hydrogen-bond donors (Lipinski definition) is 1. The van der Waals surface area contributed by atoms with Crippen molar-refractivity contribution in [3.05, 3.63) is 0 Å². The smallest absolute Gasteiger partial charge is 0.147 e. The molecule has 0 radical (unpaired) electrons. The summed E-state index contributed by atoms with van der Waals surface area (Å²) in [7, 11) is -2.92. The maximum atomic E-state index is 11.3. The molecule has 1 saturated heterocycles. The zero-order chi connectivity index (χ0) is 14.5. The highest BCUT2D eigenvalue weighted by molar-refractivity contribution is 7.90. The van der Waals surface area contributed by atoms with Crippen molar-refractivity contribution >= 4 is 9.84 Å². The molecule has 0 saturated carbocycles. The van der Waals surface area contributed by atoms with Gasteiger partial charge in [-0.05, 0) is 26.8 Å². The molecule has 0 amide bonds. The lowest BCUT2D eigenvalue weighted by molar-refractivity contribution is -0.0554. The highest BCUT2D eigenvalue weighted by Gasteiger charge is 2.29. The van der Waals surface area contributed by atoms with E-state index < -0.39 is 9.84 Å². The maximum Gasteiger partial charge on any atom is 0.147 e. The first-order valence-corrected chi connectivity index (χ1v) is 9.16. The Kier molecular flexibility index (Phi) is 6.73. The Hall–Kier alpha value is -0.170. The SMILES string of the molecule is CCNC(CCS(C)(=O)=O)C1CN(C(C)C)CCO1.